The minimum absolute atomic E-state index is 0.197. The first kappa shape index (κ1) is 16.2. The standard InChI is InChI=1S/C15H18BrN5O/c1-20(2)13-12(9-17-15(19-13)21(3)4)18-14(22)10-5-7-11(16)8-6-10/h5-9H,1-4H3,(H,18,22). The van der Waals surface area contributed by atoms with Crippen LogP contribution in [-0.2, 0) is 0 Å². The topological polar surface area (TPSA) is 61.4 Å². The van der Waals surface area contributed by atoms with Crippen molar-refractivity contribution >= 4 is 39.3 Å². The zero-order chi connectivity index (χ0) is 16.3. The average Bonchev–Trinajstić information content (AvgIpc) is 2.47. The number of rotatable bonds is 4. The van der Waals surface area contributed by atoms with Crippen LogP contribution < -0.4 is 15.1 Å². The summed E-state index contributed by atoms with van der Waals surface area (Å²) in [5, 5.41) is 2.85. The monoisotopic (exact) mass is 363 g/mol. The van der Waals surface area contributed by atoms with E-state index in [1.54, 1.807) is 18.3 Å². The van der Waals surface area contributed by atoms with Crippen molar-refractivity contribution in [3.63, 3.8) is 0 Å². The second-order valence-corrected chi connectivity index (χ2v) is 6.07. The molecule has 1 heterocycles. The van der Waals surface area contributed by atoms with Crippen LogP contribution in [0, 0.1) is 0 Å². The van der Waals surface area contributed by atoms with E-state index < -0.39 is 0 Å². The quantitative estimate of drug-likeness (QED) is 0.904. The van der Waals surface area contributed by atoms with Gasteiger partial charge in [0.25, 0.3) is 5.91 Å². The molecule has 0 aliphatic carbocycles. The number of amides is 1. The summed E-state index contributed by atoms with van der Waals surface area (Å²) in [6.07, 6.45) is 1.62. The number of anilines is 3. The third kappa shape index (κ3) is 3.73. The van der Waals surface area contributed by atoms with Gasteiger partial charge in [-0.2, -0.15) is 4.98 Å². The molecule has 0 fully saturated rings. The first-order chi connectivity index (χ1) is 10.4. The van der Waals surface area contributed by atoms with Crippen molar-refractivity contribution in [2.45, 2.75) is 0 Å². The molecular formula is C15H18BrN5O. The third-order valence-electron chi connectivity index (χ3n) is 2.93. The molecule has 0 saturated carbocycles. The van der Waals surface area contributed by atoms with E-state index in [1.807, 2.05) is 50.1 Å². The van der Waals surface area contributed by atoms with E-state index in [0.29, 0.717) is 23.0 Å². The van der Waals surface area contributed by atoms with Gasteiger partial charge in [0.15, 0.2) is 5.82 Å². The Bertz CT molecular complexity index is 670. The molecule has 2 rings (SSSR count). The largest absolute Gasteiger partial charge is 0.361 e. The summed E-state index contributed by atoms with van der Waals surface area (Å²) in [7, 11) is 7.48. The van der Waals surface area contributed by atoms with Gasteiger partial charge in [0.05, 0.1) is 6.20 Å². The van der Waals surface area contributed by atoms with E-state index in [9.17, 15) is 4.79 Å². The molecule has 0 aliphatic heterocycles. The lowest BCUT2D eigenvalue weighted by atomic mass is 10.2. The van der Waals surface area contributed by atoms with E-state index in [0.717, 1.165) is 4.47 Å². The molecule has 1 N–H and O–H groups in total. The maximum atomic E-state index is 12.3. The highest BCUT2D eigenvalue weighted by molar-refractivity contribution is 9.10. The molecule has 0 aliphatic rings. The van der Waals surface area contributed by atoms with Gasteiger partial charge in [-0.1, -0.05) is 15.9 Å². The number of nitrogens with one attached hydrogen (secondary N) is 1. The van der Waals surface area contributed by atoms with Crippen LogP contribution in [0.4, 0.5) is 17.5 Å². The molecule has 0 atom stereocenters. The molecular weight excluding hydrogens is 346 g/mol. The Balaban J connectivity index is 2.28. The molecule has 7 heteroatoms. The highest BCUT2D eigenvalue weighted by atomic mass is 79.9. The Morgan fingerprint density at radius 3 is 2.27 bits per heavy atom. The van der Waals surface area contributed by atoms with Gasteiger partial charge >= 0.3 is 0 Å². The Hall–Kier alpha value is -2.15. The van der Waals surface area contributed by atoms with Crippen molar-refractivity contribution in [1.82, 2.24) is 9.97 Å². The van der Waals surface area contributed by atoms with Gasteiger partial charge in [0.2, 0.25) is 5.95 Å². The first-order valence-electron chi connectivity index (χ1n) is 6.67. The number of carbonyl (C=O) groups is 1. The Morgan fingerprint density at radius 2 is 1.73 bits per heavy atom. The van der Waals surface area contributed by atoms with Crippen LogP contribution in [0.5, 0.6) is 0 Å². The molecule has 0 unspecified atom stereocenters. The van der Waals surface area contributed by atoms with Crippen molar-refractivity contribution in [3.05, 3.63) is 40.5 Å². The fourth-order valence-electron chi connectivity index (χ4n) is 1.80. The molecule has 0 saturated heterocycles. The molecule has 1 amide bonds. The summed E-state index contributed by atoms with van der Waals surface area (Å²) >= 11 is 3.35. The second kappa shape index (κ2) is 6.74. The average molecular weight is 364 g/mol. The molecule has 1 aromatic heterocycles. The van der Waals surface area contributed by atoms with Crippen LogP contribution in [-0.4, -0.2) is 44.1 Å². The number of nitrogens with zero attached hydrogens (tertiary/aromatic N) is 4. The molecule has 1 aromatic carbocycles. The van der Waals surface area contributed by atoms with Crippen LogP contribution in [0.2, 0.25) is 0 Å². The van der Waals surface area contributed by atoms with Crippen molar-refractivity contribution < 1.29 is 4.79 Å². The van der Waals surface area contributed by atoms with Crippen LogP contribution in [0.1, 0.15) is 10.4 Å². The number of benzene rings is 1. The van der Waals surface area contributed by atoms with Gasteiger partial charge in [-0.05, 0) is 24.3 Å². The number of hydrogen-bond acceptors (Lipinski definition) is 5. The van der Waals surface area contributed by atoms with Gasteiger partial charge in [0.1, 0.15) is 5.69 Å². The van der Waals surface area contributed by atoms with E-state index in [4.69, 9.17) is 0 Å². The Kier molecular flexibility index (Phi) is 4.97. The minimum atomic E-state index is -0.197. The van der Waals surface area contributed by atoms with Crippen LogP contribution in [0.15, 0.2) is 34.9 Å². The zero-order valence-corrected chi connectivity index (χ0v) is 14.5. The lowest BCUT2D eigenvalue weighted by molar-refractivity contribution is 0.102. The maximum Gasteiger partial charge on any atom is 0.255 e. The van der Waals surface area contributed by atoms with Gasteiger partial charge < -0.3 is 15.1 Å². The molecule has 116 valence electrons. The Morgan fingerprint density at radius 1 is 1.09 bits per heavy atom. The number of carbonyl (C=O) groups excluding carboxylic acids is 1. The number of hydrogen-bond donors (Lipinski definition) is 1. The minimum Gasteiger partial charge on any atom is -0.361 e. The normalized spacial score (nSPS) is 10.2. The fourth-order valence-corrected chi connectivity index (χ4v) is 2.07. The van der Waals surface area contributed by atoms with Gasteiger partial charge in [-0.25, -0.2) is 4.98 Å². The predicted molar refractivity (Wildman–Crippen MR) is 92.8 cm³/mol. The zero-order valence-electron chi connectivity index (χ0n) is 13.0. The number of aromatic nitrogens is 2. The van der Waals surface area contributed by atoms with Crippen molar-refractivity contribution in [3.8, 4) is 0 Å². The summed E-state index contributed by atoms with van der Waals surface area (Å²) < 4.78 is 0.927. The molecule has 2 aromatic rings. The van der Waals surface area contributed by atoms with Crippen LogP contribution in [0.25, 0.3) is 0 Å². The van der Waals surface area contributed by atoms with E-state index >= 15 is 0 Å². The smallest absolute Gasteiger partial charge is 0.255 e. The summed E-state index contributed by atoms with van der Waals surface area (Å²) in [6, 6.07) is 7.16. The second-order valence-electron chi connectivity index (χ2n) is 5.16. The van der Waals surface area contributed by atoms with Crippen molar-refractivity contribution in [2.24, 2.45) is 0 Å². The highest BCUT2D eigenvalue weighted by Crippen LogP contribution is 2.23. The van der Waals surface area contributed by atoms with Crippen molar-refractivity contribution in [1.29, 1.82) is 0 Å². The summed E-state index contributed by atoms with van der Waals surface area (Å²) in [4.78, 5) is 24.7. The Labute approximate surface area is 138 Å². The maximum absolute atomic E-state index is 12.3. The first-order valence-corrected chi connectivity index (χ1v) is 7.46. The van der Waals surface area contributed by atoms with E-state index in [-0.39, 0.29) is 5.91 Å². The molecule has 6 nitrogen and oxygen atoms in total. The molecule has 0 bridgehead atoms. The lowest BCUT2D eigenvalue weighted by Gasteiger charge is -2.19. The van der Waals surface area contributed by atoms with Gasteiger partial charge in [0, 0.05) is 38.2 Å². The lowest BCUT2D eigenvalue weighted by Crippen LogP contribution is -2.21. The summed E-state index contributed by atoms with van der Waals surface area (Å²) in [5.41, 5.74) is 1.15. The van der Waals surface area contributed by atoms with Crippen LogP contribution >= 0.6 is 15.9 Å². The third-order valence-corrected chi connectivity index (χ3v) is 3.46. The molecule has 22 heavy (non-hydrogen) atoms. The highest BCUT2D eigenvalue weighted by Gasteiger charge is 2.14. The molecule has 0 spiro atoms. The van der Waals surface area contributed by atoms with Crippen molar-refractivity contribution in [2.75, 3.05) is 43.3 Å². The molecule has 0 radical (unpaired) electrons. The number of halogens is 1. The predicted octanol–water partition coefficient (Wildman–Crippen LogP) is 2.62. The van der Waals surface area contributed by atoms with E-state index in [2.05, 4.69) is 31.2 Å². The fraction of sp³-hybridized carbons (Fsp3) is 0.267. The summed E-state index contributed by atoms with van der Waals surface area (Å²) in [6.45, 7) is 0. The summed E-state index contributed by atoms with van der Waals surface area (Å²) in [5.74, 6) is 1.05. The van der Waals surface area contributed by atoms with Gasteiger partial charge in [-0.15, -0.1) is 0 Å². The van der Waals surface area contributed by atoms with E-state index in [1.165, 1.54) is 0 Å². The van der Waals surface area contributed by atoms with Gasteiger partial charge in [-0.3, -0.25) is 4.79 Å². The van der Waals surface area contributed by atoms with Crippen LogP contribution in [0.3, 0.4) is 0 Å². The SMILES string of the molecule is CN(C)c1ncc(NC(=O)c2ccc(Br)cc2)c(N(C)C)n1.